The number of carbonyl (C=O) groups is 1. The summed E-state index contributed by atoms with van der Waals surface area (Å²) in [5.74, 6) is -0.0220. The second-order valence-corrected chi connectivity index (χ2v) is 8.69. The Kier molecular flexibility index (Phi) is 3.91. The zero-order valence-electron chi connectivity index (χ0n) is 12.9. The summed E-state index contributed by atoms with van der Waals surface area (Å²) in [5, 5.41) is 8.66. The minimum absolute atomic E-state index is 0.0220. The fourth-order valence-corrected chi connectivity index (χ4v) is 5.41. The van der Waals surface area contributed by atoms with E-state index in [0.717, 1.165) is 19.4 Å². The number of hydrogen-bond donors (Lipinski definition) is 0. The molecule has 0 aromatic heterocycles. The SMILES string of the molecule is CN1CCN(CC#N)C(=O)C12CCN(S(=O)(=O)C1CC1)CC2. The van der Waals surface area contributed by atoms with Crippen LogP contribution < -0.4 is 0 Å². The Bertz CT molecular complexity index is 600. The van der Waals surface area contributed by atoms with Gasteiger partial charge < -0.3 is 4.90 Å². The number of piperazine rings is 1. The van der Waals surface area contributed by atoms with Crippen LogP contribution >= 0.6 is 0 Å². The first-order chi connectivity index (χ1) is 10.4. The van der Waals surface area contributed by atoms with Crippen molar-refractivity contribution in [3.05, 3.63) is 0 Å². The van der Waals surface area contributed by atoms with Gasteiger partial charge in [0, 0.05) is 26.2 Å². The second-order valence-electron chi connectivity index (χ2n) is 6.48. The molecule has 1 saturated carbocycles. The van der Waals surface area contributed by atoms with E-state index < -0.39 is 15.6 Å². The number of hydrogen-bond acceptors (Lipinski definition) is 5. The van der Waals surface area contributed by atoms with Crippen molar-refractivity contribution < 1.29 is 13.2 Å². The summed E-state index contributed by atoms with van der Waals surface area (Å²) in [4.78, 5) is 16.4. The topological polar surface area (TPSA) is 84.7 Å². The van der Waals surface area contributed by atoms with E-state index in [-0.39, 0.29) is 17.7 Å². The van der Waals surface area contributed by atoms with Crippen molar-refractivity contribution in [2.45, 2.75) is 36.5 Å². The maximum Gasteiger partial charge on any atom is 0.244 e. The molecular formula is C14H22N4O3S. The lowest BCUT2D eigenvalue weighted by atomic mass is 9.83. The quantitative estimate of drug-likeness (QED) is 0.660. The number of carbonyl (C=O) groups excluding carboxylic acids is 1. The Hall–Kier alpha value is -1.17. The first-order valence-corrected chi connectivity index (χ1v) is 9.29. The summed E-state index contributed by atoms with van der Waals surface area (Å²) in [6, 6.07) is 2.04. The molecule has 0 radical (unpaired) electrons. The van der Waals surface area contributed by atoms with Crippen LogP contribution in [0.1, 0.15) is 25.7 Å². The predicted octanol–water partition coefficient (Wildman–Crippen LogP) is -0.389. The summed E-state index contributed by atoms with van der Waals surface area (Å²) in [7, 11) is -1.24. The van der Waals surface area contributed by atoms with Gasteiger partial charge in [-0.1, -0.05) is 0 Å². The standard InChI is InChI=1S/C14H22N4O3S/c1-16-10-11-17(9-6-15)13(19)14(16)4-7-18(8-5-14)22(20,21)12-2-3-12/h12H,2-5,7-11H2,1H3. The first-order valence-electron chi connectivity index (χ1n) is 7.78. The molecule has 1 aliphatic carbocycles. The van der Waals surface area contributed by atoms with Gasteiger partial charge in [-0.3, -0.25) is 9.69 Å². The van der Waals surface area contributed by atoms with Crippen LogP contribution in [0.2, 0.25) is 0 Å². The molecule has 3 aliphatic rings. The fraction of sp³-hybridized carbons (Fsp3) is 0.857. The van der Waals surface area contributed by atoms with E-state index in [1.54, 1.807) is 9.21 Å². The van der Waals surface area contributed by atoms with Gasteiger partial charge in [-0.25, -0.2) is 12.7 Å². The molecule has 0 aromatic carbocycles. The van der Waals surface area contributed by atoms with Crippen molar-refractivity contribution in [2.24, 2.45) is 0 Å². The highest BCUT2D eigenvalue weighted by atomic mass is 32.2. The van der Waals surface area contributed by atoms with Gasteiger partial charge in [-0.2, -0.15) is 5.26 Å². The highest BCUT2D eigenvalue weighted by Gasteiger charge is 2.51. The van der Waals surface area contributed by atoms with Crippen molar-refractivity contribution in [1.29, 1.82) is 5.26 Å². The Morgan fingerprint density at radius 3 is 2.41 bits per heavy atom. The van der Waals surface area contributed by atoms with Crippen LogP contribution in [0.25, 0.3) is 0 Å². The summed E-state index contributed by atoms with van der Waals surface area (Å²) < 4.78 is 26.2. The average Bonchev–Trinajstić information content (AvgIpc) is 3.34. The zero-order chi connectivity index (χ0) is 16.0. The lowest BCUT2D eigenvalue weighted by Gasteiger charge is -2.50. The van der Waals surface area contributed by atoms with Gasteiger partial charge in [-0.15, -0.1) is 0 Å². The Morgan fingerprint density at radius 2 is 1.86 bits per heavy atom. The summed E-state index contributed by atoms with van der Waals surface area (Å²) >= 11 is 0. The summed E-state index contributed by atoms with van der Waals surface area (Å²) in [6.45, 7) is 2.20. The average molecular weight is 326 g/mol. The third-order valence-corrected chi connectivity index (χ3v) is 7.64. The molecule has 22 heavy (non-hydrogen) atoms. The predicted molar refractivity (Wildman–Crippen MR) is 80.3 cm³/mol. The molecule has 0 N–H and O–H groups in total. The van der Waals surface area contributed by atoms with Gasteiger partial charge in [0.15, 0.2) is 0 Å². The van der Waals surface area contributed by atoms with E-state index in [9.17, 15) is 13.2 Å². The van der Waals surface area contributed by atoms with Crippen molar-refractivity contribution >= 4 is 15.9 Å². The Labute approximate surface area is 131 Å². The van der Waals surface area contributed by atoms with Crippen LogP contribution in [-0.2, 0) is 14.8 Å². The van der Waals surface area contributed by atoms with E-state index in [1.807, 2.05) is 18.0 Å². The van der Waals surface area contributed by atoms with Crippen LogP contribution in [0.5, 0.6) is 0 Å². The van der Waals surface area contributed by atoms with Crippen LogP contribution in [0, 0.1) is 11.3 Å². The van der Waals surface area contributed by atoms with E-state index >= 15 is 0 Å². The van der Waals surface area contributed by atoms with Gasteiger partial charge in [0.1, 0.15) is 12.1 Å². The summed E-state index contributed by atoms with van der Waals surface area (Å²) in [5.41, 5.74) is -0.634. The molecule has 0 aromatic rings. The molecular weight excluding hydrogens is 304 g/mol. The molecule has 122 valence electrons. The van der Waals surface area contributed by atoms with Crippen LogP contribution in [0.3, 0.4) is 0 Å². The minimum Gasteiger partial charge on any atom is -0.326 e. The van der Waals surface area contributed by atoms with E-state index in [4.69, 9.17) is 5.26 Å². The number of piperidine rings is 1. The maximum absolute atomic E-state index is 12.8. The van der Waals surface area contributed by atoms with Crippen LogP contribution in [0.4, 0.5) is 0 Å². The molecule has 0 bridgehead atoms. The van der Waals surface area contributed by atoms with Gasteiger partial charge in [0.2, 0.25) is 15.9 Å². The van der Waals surface area contributed by atoms with Crippen molar-refractivity contribution in [3.8, 4) is 6.07 Å². The fourth-order valence-electron chi connectivity index (χ4n) is 3.56. The van der Waals surface area contributed by atoms with Crippen LogP contribution in [0.15, 0.2) is 0 Å². The zero-order valence-corrected chi connectivity index (χ0v) is 13.7. The van der Waals surface area contributed by atoms with Crippen molar-refractivity contribution in [2.75, 3.05) is 39.8 Å². The van der Waals surface area contributed by atoms with Crippen LogP contribution in [-0.4, -0.2) is 79.0 Å². The van der Waals surface area contributed by atoms with E-state index in [1.165, 1.54) is 0 Å². The number of likely N-dealkylation sites (N-methyl/N-ethyl adjacent to an activating group) is 1. The largest absolute Gasteiger partial charge is 0.326 e. The summed E-state index contributed by atoms with van der Waals surface area (Å²) in [6.07, 6.45) is 2.55. The molecule has 8 heteroatoms. The van der Waals surface area contributed by atoms with Gasteiger partial charge in [0.25, 0.3) is 0 Å². The monoisotopic (exact) mass is 326 g/mol. The number of nitrogens with zero attached hydrogens (tertiary/aromatic N) is 4. The van der Waals surface area contributed by atoms with Gasteiger partial charge >= 0.3 is 0 Å². The smallest absolute Gasteiger partial charge is 0.244 e. The number of sulfonamides is 1. The normalized spacial score (nSPS) is 27.1. The molecule has 3 fully saturated rings. The molecule has 2 aliphatic heterocycles. The Morgan fingerprint density at radius 1 is 1.23 bits per heavy atom. The molecule has 7 nitrogen and oxygen atoms in total. The van der Waals surface area contributed by atoms with Gasteiger partial charge in [-0.05, 0) is 32.7 Å². The highest BCUT2D eigenvalue weighted by Crippen LogP contribution is 2.37. The molecule has 0 unspecified atom stereocenters. The molecule has 3 rings (SSSR count). The maximum atomic E-state index is 12.8. The second kappa shape index (κ2) is 5.48. The molecule has 0 atom stereocenters. The highest BCUT2D eigenvalue weighted by molar-refractivity contribution is 7.90. The van der Waals surface area contributed by atoms with Crippen molar-refractivity contribution in [3.63, 3.8) is 0 Å². The van der Waals surface area contributed by atoms with E-state index in [0.29, 0.717) is 32.5 Å². The lowest BCUT2D eigenvalue weighted by molar-refractivity contribution is -0.152. The third kappa shape index (κ3) is 2.41. The molecule has 2 heterocycles. The number of nitriles is 1. The molecule has 1 amide bonds. The molecule has 1 spiro atoms. The Balaban J connectivity index is 1.75. The third-order valence-electron chi connectivity index (χ3n) is 5.24. The first kappa shape index (κ1) is 15.7. The molecule has 2 saturated heterocycles. The lowest BCUT2D eigenvalue weighted by Crippen LogP contribution is -2.68. The van der Waals surface area contributed by atoms with Gasteiger partial charge in [0.05, 0.1) is 11.3 Å². The van der Waals surface area contributed by atoms with E-state index in [2.05, 4.69) is 0 Å². The van der Waals surface area contributed by atoms with Crippen molar-refractivity contribution in [1.82, 2.24) is 14.1 Å². The number of rotatable bonds is 3. The minimum atomic E-state index is -3.17. The number of amides is 1.